The molecule has 0 aliphatic carbocycles. The minimum absolute atomic E-state index is 0.0399. The maximum Gasteiger partial charge on any atom is 0.310 e. The van der Waals surface area contributed by atoms with Crippen LogP contribution in [0, 0.1) is 41.4 Å². The smallest absolute Gasteiger partial charge is 0.310 e. The fraction of sp³-hybridized carbons (Fsp3) is 0.516. The summed E-state index contributed by atoms with van der Waals surface area (Å²) in [5.74, 6) is 4.78. The first-order chi connectivity index (χ1) is 46.0. The molecule has 0 saturated carbocycles. The third-order valence-corrected chi connectivity index (χ3v) is 17.2. The Bertz CT molecular complexity index is 2910. The standard InChI is InChI=1S/C15H22O.C14H23N.C13H18O2.C13H20.C12H17Br.C12H19N.C12H18O/c1-5-15(16)12(4)14-8-6-13(7-9-14)10-11(2)3;1-5-15-12(4)14-8-6-13(7-9-14)10-11(2)3;1-9(2)8-11-4-6-12(7-5-11)10(3)13(14)15;1-10(2)9-12-5-7-13(8-6-12)11(3)4;3*1-9(2)8-11-4-6-12(7-5-11)10(3)13/h6-9,11-12H,5,10H2,1-4H3;6-9,11-12,15H,5,10H2,1-4H3;4-7,9-10H,8H2,1-3H3,(H,14,15);5-8,10-11H,9H2,1-4H3;4-7,9-10H,8H2,1-3H3;4-7,9-10H,8,13H2,1-3H3;4-7,9-10,13H,8H2,1-3H3. The van der Waals surface area contributed by atoms with Gasteiger partial charge < -0.3 is 21.3 Å². The van der Waals surface area contributed by atoms with E-state index in [1.54, 1.807) is 13.8 Å². The van der Waals surface area contributed by atoms with Crippen molar-refractivity contribution in [2.45, 2.75) is 258 Å². The fourth-order valence-corrected chi connectivity index (χ4v) is 11.3. The van der Waals surface area contributed by atoms with Crippen molar-refractivity contribution in [3.63, 3.8) is 0 Å². The molecule has 6 nitrogen and oxygen atoms in total. The van der Waals surface area contributed by atoms with Crippen LogP contribution >= 0.6 is 15.9 Å². The number of ketones is 1. The van der Waals surface area contributed by atoms with Gasteiger partial charge in [-0.05, 0) is 211 Å². The molecule has 0 bridgehead atoms. The van der Waals surface area contributed by atoms with Crippen LogP contribution in [0.1, 0.15) is 291 Å². The third kappa shape index (κ3) is 40.3. The first kappa shape index (κ1) is 90.1. The van der Waals surface area contributed by atoms with Crippen LogP contribution in [0.15, 0.2) is 170 Å². The average molecular weight is 1400 g/mol. The highest BCUT2D eigenvalue weighted by molar-refractivity contribution is 9.09. The van der Waals surface area contributed by atoms with Crippen molar-refractivity contribution in [1.82, 2.24) is 5.32 Å². The minimum atomic E-state index is -0.772. The number of carbonyl (C=O) groups is 2. The number of aliphatic hydroxyl groups is 1. The number of hydrogen-bond acceptors (Lipinski definition) is 5. The largest absolute Gasteiger partial charge is 0.481 e. The van der Waals surface area contributed by atoms with Gasteiger partial charge in [0.25, 0.3) is 0 Å². The van der Waals surface area contributed by atoms with E-state index in [-0.39, 0.29) is 18.1 Å². The van der Waals surface area contributed by atoms with E-state index in [0.29, 0.717) is 46.7 Å². The number of Topliss-reactive ketones (excluding diaryl/α,β-unsaturated/α-hetero) is 1. The Morgan fingerprint density at radius 1 is 0.347 bits per heavy atom. The molecule has 7 heteroatoms. The van der Waals surface area contributed by atoms with Crippen molar-refractivity contribution >= 4 is 27.7 Å². The highest BCUT2D eigenvalue weighted by Crippen LogP contribution is 2.25. The molecule has 98 heavy (non-hydrogen) atoms. The van der Waals surface area contributed by atoms with Crippen LogP contribution in [0.25, 0.3) is 0 Å². The van der Waals surface area contributed by atoms with Gasteiger partial charge in [-0.25, -0.2) is 0 Å². The molecule has 0 fully saturated rings. The maximum absolute atomic E-state index is 11.6. The normalized spacial score (nSPS) is 12.8. The molecule has 0 aromatic heterocycles. The van der Waals surface area contributed by atoms with Gasteiger partial charge in [-0.2, -0.15) is 0 Å². The summed E-state index contributed by atoms with van der Waals surface area (Å²) in [5.41, 5.74) is 23.9. The predicted molar refractivity (Wildman–Crippen MR) is 431 cm³/mol. The van der Waals surface area contributed by atoms with Crippen LogP contribution < -0.4 is 11.1 Å². The number of rotatable bonds is 26. The molecule has 7 aromatic rings. The van der Waals surface area contributed by atoms with E-state index in [1.165, 1.54) is 80.5 Å². The van der Waals surface area contributed by atoms with Gasteiger partial charge in [0, 0.05) is 29.2 Å². The average Bonchev–Trinajstić information content (AvgIpc) is 1.09. The molecule has 5 N–H and O–H groups in total. The SMILES string of the molecule is CC(C)Cc1ccc(C(C)Br)cc1.CC(C)Cc1ccc(C(C)C(=O)O)cc1.CC(C)Cc1ccc(C(C)C)cc1.CC(C)Cc1ccc(C(C)N)cc1.CC(C)Cc1ccc(C(C)O)cc1.CCC(=O)C(C)c1ccc(CC(C)C)cc1.CCNC(C)c1ccc(CC(C)C)cc1. The first-order valence-corrected chi connectivity index (χ1v) is 38.1. The summed E-state index contributed by atoms with van der Waals surface area (Å²) in [7, 11) is 0. The van der Waals surface area contributed by atoms with Crippen LogP contribution in [0.3, 0.4) is 0 Å². The highest BCUT2D eigenvalue weighted by atomic mass is 79.9. The van der Waals surface area contributed by atoms with Gasteiger partial charge in [-0.1, -0.05) is 317 Å². The summed E-state index contributed by atoms with van der Waals surface area (Å²) in [6.45, 7) is 52.6. The molecule has 0 saturated heterocycles. The number of aliphatic hydroxyl groups excluding tert-OH is 1. The lowest BCUT2D eigenvalue weighted by molar-refractivity contribution is -0.138. The molecule has 7 rings (SSSR count). The monoisotopic (exact) mass is 1400 g/mol. The lowest BCUT2D eigenvalue weighted by Crippen LogP contribution is -2.17. The van der Waals surface area contributed by atoms with Crippen LogP contribution in [0.2, 0.25) is 0 Å². The summed E-state index contributed by atoms with van der Waals surface area (Å²) in [5, 5.41) is 21.6. The number of carboxylic acid groups (broad SMARTS) is 1. The summed E-state index contributed by atoms with van der Waals surface area (Å²) in [6.07, 6.45) is 8.23. The quantitative estimate of drug-likeness (QED) is 0.0402. The van der Waals surface area contributed by atoms with Crippen molar-refractivity contribution in [2.24, 2.45) is 47.2 Å². The number of hydrogen-bond donors (Lipinski definition) is 4. The number of alkyl halides is 1. The molecule has 7 aromatic carbocycles. The van der Waals surface area contributed by atoms with E-state index >= 15 is 0 Å². The van der Waals surface area contributed by atoms with Gasteiger partial charge in [-0.3, -0.25) is 9.59 Å². The Kier molecular flexibility index (Phi) is 45.5. The molecule has 6 unspecified atom stereocenters. The molecule has 6 atom stereocenters. The number of nitrogens with one attached hydrogen (secondary N) is 1. The molecular formula is C91H137BrN2O4. The highest BCUT2D eigenvalue weighted by Gasteiger charge is 2.15. The Morgan fingerprint density at radius 3 is 0.796 bits per heavy atom. The van der Waals surface area contributed by atoms with Crippen LogP contribution in [-0.2, 0) is 54.5 Å². The van der Waals surface area contributed by atoms with Gasteiger partial charge in [0.15, 0.2) is 0 Å². The summed E-state index contributed by atoms with van der Waals surface area (Å²) >= 11 is 3.56. The van der Waals surface area contributed by atoms with Gasteiger partial charge >= 0.3 is 5.97 Å². The first-order valence-electron chi connectivity index (χ1n) is 37.2. The minimum Gasteiger partial charge on any atom is -0.481 e. The number of benzene rings is 7. The van der Waals surface area contributed by atoms with E-state index < -0.39 is 11.9 Å². The topological polar surface area (TPSA) is 113 Å². The maximum atomic E-state index is 11.6. The summed E-state index contributed by atoms with van der Waals surface area (Å²) < 4.78 is 0. The van der Waals surface area contributed by atoms with Gasteiger partial charge in [0.05, 0.1) is 12.0 Å². The summed E-state index contributed by atoms with van der Waals surface area (Å²) in [4.78, 5) is 22.8. The summed E-state index contributed by atoms with van der Waals surface area (Å²) in [6, 6.07) is 60.7. The molecule has 0 radical (unpaired) electrons. The zero-order chi connectivity index (χ0) is 74.2. The van der Waals surface area contributed by atoms with Crippen molar-refractivity contribution in [3.8, 4) is 0 Å². The lowest BCUT2D eigenvalue weighted by Gasteiger charge is -2.13. The molecule has 542 valence electrons. The molecule has 0 spiro atoms. The number of carboxylic acids is 1. The Hall–Kier alpha value is -5.96. The Morgan fingerprint density at radius 2 is 0.582 bits per heavy atom. The van der Waals surface area contributed by atoms with Crippen molar-refractivity contribution in [2.75, 3.05) is 6.54 Å². The van der Waals surface area contributed by atoms with Crippen LogP contribution in [-0.4, -0.2) is 28.5 Å². The second kappa shape index (κ2) is 49.6. The Balaban J connectivity index is 0.000000572. The Labute approximate surface area is 608 Å². The molecule has 0 heterocycles. The number of halogens is 1. The van der Waals surface area contributed by atoms with E-state index in [1.807, 2.05) is 57.2 Å². The van der Waals surface area contributed by atoms with Crippen LogP contribution in [0.4, 0.5) is 0 Å². The second-order valence-electron chi connectivity index (χ2n) is 30.5. The van der Waals surface area contributed by atoms with Crippen molar-refractivity contribution in [1.29, 1.82) is 0 Å². The molecule has 0 aliphatic heterocycles. The lowest BCUT2D eigenvalue weighted by atomic mass is 9.93. The van der Waals surface area contributed by atoms with E-state index in [9.17, 15) is 14.7 Å². The van der Waals surface area contributed by atoms with E-state index in [0.717, 1.165) is 72.6 Å². The van der Waals surface area contributed by atoms with Gasteiger partial charge in [0.1, 0.15) is 5.78 Å². The van der Waals surface area contributed by atoms with Crippen molar-refractivity contribution in [3.05, 3.63) is 248 Å². The van der Waals surface area contributed by atoms with Gasteiger partial charge in [0.2, 0.25) is 0 Å². The van der Waals surface area contributed by atoms with Crippen molar-refractivity contribution < 1.29 is 19.8 Å². The van der Waals surface area contributed by atoms with Gasteiger partial charge in [-0.15, -0.1) is 0 Å². The predicted octanol–water partition coefficient (Wildman–Crippen LogP) is 24.8. The number of aliphatic carboxylic acids is 1. The second-order valence-corrected chi connectivity index (χ2v) is 31.9. The number of carbonyl (C=O) groups excluding carboxylic acids is 1. The number of nitrogens with two attached hydrogens (primary N) is 1. The third-order valence-electron chi connectivity index (χ3n) is 16.7. The van der Waals surface area contributed by atoms with E-state index in [2.05, 4.69) is 286 Å². The molecule has 0 amide bonds. The zero-order valence-electron chi connectivity index (χ0n) is 65.8. The van der Waals surface area contributed by atoms with Crippen LogP contribution in [0.5, 0.6) is 0 Å². The fourth-order valence-electron chi connectivity index (χ4n) is 11.0. The molecule has 0 aliphatic rings. The zero-order valence-corrected chi connectivity index (χ0v) is 67.4. The molecular weight excluding hydrogens is 1260 g/mol. The van der Waals surface area contributed by atoms with E-state index in [4.69, 9.17) is 10.8 Å².